The number of nitrogens with one attached hydrogen (secondary N) is 2. The summed E-state index contributed by atoms with van der Waals surface area (Å²) in [7, 11) is 1.81. The molecular formula is C46H55ClF2N10O4. The Hall–Kier alpha value is -5.35. The van der Waals surface area contributed by atoms with Crippen molar-refractivity contribution in [1.29, 1.82) is 0 Å². The standard InChI is InChI=1S/C43H49ClF2N10O4.C3H6/c1-48-31-23-36(51-56-34(38(47)58)24-49-39(31)56)54-17-9-29-27(3-2-4-32(29)54)21-26-7-12-42(13-8-26)14-19-52(20-15-42)35-10-16-53(25-43(35,45)46)40(59)28-5-6-30(44)33(22-28)55-18-11-37(57)50-41(55)60;1-2-3-1/h2-6,22-24,26,35,48H,7-21,25H2,1H3,(H2,47,58)(H,50,57,60);1-3H2. The maximum Gasteiger partial charge on any atom is 0.328 e. The number of fused-ring (bicyclic) bond motifs is 2. The summed E-state index contributed by atoms with van der Waals surface area (Å²) >= 11 is 6.36. The third kappa shape index (κ3) is 8.68. The third-order valence-corrected chi connectivity index (χ3v) is 14.4. The van der Waals surface area contributed by atoms with Gasteiger partial charge in [0.25, 0.3) is 17.7 Å². The number of imide groups is 1. The largest absolute Gasteiger partial charge is 0.385 e. The number of urea groups is 1. The van der Waals surface area contributed by atoms with E-state index in [4.69, 9.17) is 22.4 Å². The van der Waals surface area contributed by atoms with Crippen LogP contribution in [0.4, 0.5) is 36.5 Å². The van der Waals surface area contributed by atoms with Crippen LogP contribution in [0.1, 0.15) is 103 Å². The summed E-state index contributed by atoms with van der Waals surface area (Å²) in [6.07, 6.45) is 14.3. The van der Waals surface area contributed by atoms with E-state index in [0.717, 1.165) is 69.3 Å². The zero-order valence-electron chi connectivity index (χ0n) is 35.7. The number of carbonyl (C=O) groups is 4. The van der Waals surface area contributed by atoms with Crippen LogP contribution < -0.4 is 26.2 Å². The minimum absolute atomic E-state index is 0.0848. The summed E-state index contributed by atoms with van der Waals surface area (Å²) in [5.41, 5.74) is 11.5. The number of alkyl halides is 2. The predicted octanol–water partition coefficient (Wildman–Crippen LogP) is 7.20. The molecule has 6 aliphatic rings. The molecule has 1 unspecified atom stereocenters. The number of carbonyl (C=O) groups excluding carboxylic acids is 4. The van der Waals surface area contributed by atoms with E-state index in [9.17, 15) is 19.2 Å². The summed E-state index contributed by atoms with van der Waals surface area (Å²) in [5, 5.41) is 10.4. The number of hydrogen-bond acceptors (Lipinski definition) is 9. The molecule has 0 radical (unpaired) electrons. The van der Waals surface area contributed by atoms with E-state index in [0.29, 0.717) is 30.5 Å². The molecule has 4 aliphatic heterocycles. The Balaban J connectivity index is 0.00000161. The minimum Gasteiger partial charge on any atom is -0.385 e. The summed E-state index contributed by atoms with van der Waals surface area (Å²) in [6.45, 7) is 1.63. The lowest BCUT2D eigenvalue weighted by atomic mass is 9.64. The maximum atomic E-state index is 16.0. The molecule has 10 rings (SSSR count). The van der Waals surface area contributed by atoms with Crippen molar-refractivity contribution in [3.8, 4) is 0 Å². The molecule has 4 aromatic rings. The first-order chi connectivity index (χ1) is 30.3. The van der Waals surface area contributed by atoms with Gasteiger partial charge in [0, 0.05) is 50.4 Å². The van der Waals surface area contributed by atoms with Crippen LogP contribution in [0.2, 0.25) is 5.02 Å². The molecule has 1 spiro atoms. The highest BCUT2D eigenvalue weighted by atomic mass is 35.5. The Morgan fingerprint density at radius 1 is 0.921 bits per heavy atom. The van der Waals surface area contributed by atoms with E-state index < -0.39 is 42.3 Å². The van der Waals surface area contributed by atoms with Crippen LogP contribution in [0.5, 0.6) is 0 Å². The van der Waals surface area contributed by atoms with E-state index in [2.05, 4.69) is 38.7 Å². The molecule has 2 saturated carbocycles. The number of benzene rings is 2. The lowest BCUT2D eigenvalue weighted by molar-refractivity contribution is -0.130. The van der Waals surface area contributed by atoms with Crippen molar-refractivity contribution in [3.05, 3.63) is 76.1 Å². The molecule has 5 amide bonds. The highest BCUT2D eigenvalue weighted by molar-refractivity contribution is 6.34. The average molecular weight is 885 g/mol. The topological polar surface area (TPSA) is 162 Å². The van der Waals surface area contributed by atoms with E-state index in [1.165, 1.54) is 69.1 Å². The van der Waals surface area contributed by atoms with E-state index in [1.54, 1.807) is 0 Å². The number of piperidine rings is 2. The molecule has 4 N–H and O–H groups in total. The first-order valence-electron chi connectivity index (χ1n) is 22.4. The van der Waals surface area contributed by atoms with Gasteiger partial charge in [-0.15, -0.1) is 5.10 Å². The number of halogens is 3. The number of amides is 5. The zero-order valence-corrected chi connectivity index (χ0v) is 36.4. The van der Waals surface area contributed by atoms with Gasteiger partial charge in [-0.3, -0.25) is 29.5 Å². The number of likely N-dealkylation sites (tertiary alicyclic amines) is 2. The van der Waals surface area contributed by atoms with Crippen molar-refractivity contribution in [1.82, 2.24) is 29.7 Å². The fraction of sp³-hybridized carbons (Fsp3) is 0.522. The molecule has 3 saturated heterocycles. The average Bonchev–Trinajstić information content (AvgIpc) is 3.99. The Bertz CT molecular complexity index is 2420. The number of imidazole rings is 1. The summed E-state index contributed by atoms with van der Waals surface area (Å²) < 4.78 is 33.4. The molecule has 63 heavy (non-hydrogen) atoms. The lowest BCUT2D eigenvalue weighted by Crippen LogP contribution is -2.61. The first kappa shape index (κ1) is 42.9. The van der Waals surface area contributed by atoms with Crippen molar-refractivity contribution in [3.63, 3.8) is 0 Å². The molecular weight excluding hydrogens is 830 g/mol. The van der Waals surface area contributed by atoms with Gasteiger partial charge in [-0.05, 0) is 118 Å². The molecule has 2 aromatic carbocycles. The number of nitrogens with two attached hydrogens (primary N) is 1. The zero-order chi connectivity index (χ0) is 44.0. The summed E-state index contributed by atoms with van der Waals surface area (Å²) in [6, 6.07) is 11.3. The van der Waals surface area contributed by atoms with Gasteiger partial charge in [0.15, 0.2) is 11.5 Å². The highest BCUT2D eigenvalue weighted by Gasteiger charge is 2.50. The Morgan fingerprint density at radius 2 is 1.67 bits per heavy atom. The first-order valence-corrected chi connectivity index (χ1v) is 22.8. The summed E-state index contributed by atoms with van der Waals surface area (Å²) in [4.78, 5) is 60.7. The van der Waals surface area contributed by atoms with Crippen molar-refractivity contribution in [2.75, 3.05) is 61.4 Å². The number of primary amides is 1. The maximum absolute atomic E-state index is 16.0. The van der Waals surface area contributed by atoms with Gasteiger partial charge in [0.2, 0.25) is 5.91 Å². The van der Waals surface area contributed by atoms with Crippen LogP contribution in [0.15, 0.2) is 48.7 Å². The highest BCUT2D eigenvalue weighted by Crippen LogP contribution is 2.49. The molecule has 5 fully saturated rings. The molecule has 334 valence electrons. The van der Waals surface area contributed by atoms with Crippen LogP contribution in [-0.4, -0.2) is 106 Å². The second kappa shape index (κ2) is 17.3. The van der Waals surface area contributed by atoms with Crippen molar-refractivity contribution < 1.29 is 28.0 Å². The number of aromatic nitrogens is 3. The van der Waals surface area contributed by atoms with Gasteiger partial charge < -0.3 is 20.9 Å². The SMILES string of the molecule is C1CC1.CNc1cc(N2CCc3c(CC4CCC5(CC4)CCN(C4CCN(C(=O)c6ccc(Cl)c(N7CCC(=O)NC7=O)c6)CC4(F)F)CC5)cccc32)nn2c(C(N)=O)cnc12. The van der Waals surface area contributed by atoms with Gasteiger partial charge in [-0.2, -0.15) is 0 Å². The van der Waals surface area contributed by atoms with E-state index >= 15 is 8.78 Å². The number of hydrogen-bond donors (Lipinski definition) is 3. The third-order valence-electron chi connectivity index (χ3n) is 14.1. The van der Waals surface area contributed by atoms with Crippen LogP contribution in [0.3, 0.4) is 0 Å². The molecule has 2 aromatic heterocycles. The molecule has 2 aliphatic carbocycles. The van der Waals surface area contributed by atoms with E-state index in [-0.39, 0.29) is 53.3 Å². The van der Waals surface area contributed by atoms with Gasteiger partial charge in [-0.25, -0.2) is 23.1 Å². The number of anilines is 4. The van der Waals surface area contributed by atoms with Gasteiger partial charge >= 0.3 is 6.03 Å². The number of nitrogens with zero attached hydrogens (tertiary/aromatic N) is 7. The Morgan fingerprint density at radius 3 is 2.35 bits per heavy atom. The molecule has 17 heteroatoms. The Kier molecular flexibility index (Phi) is 11.8. The second-order valence-electron chi connectivity index (χ2n) is 18.2. The van der Waals surface area contributed by atoms with E-state index in [1.807, 2.05) is 18.0 Å². The van der Waals surface area contributed by atoms with Crippen molar-refractivity contribution in [2.24, 2.45) is 17.1 Å². The predicted molar refractivity (Wildman–Crippen MR) is 237 cm³/mol. The smallest absolute Gasteiger partial charge is 0.328 e. The van der Waals surface area contributed by atoms with Crippen LogP contribution in [-0.2, 0) is 17.6 Å². The molecule has 6 heterocycles. The van der Waals surface area contributed by atoms with Crippen LogP contribution in [0, 0.1) is 11.3 Å². The van der Waals surface area contributed by atoms with Gasteiger partial charge in [-0.1, -0.05) is 43.0 Å². The molecule has 0 bridgehead atoms. The minimum atomic E-state index is -3.09. The van der Waals surface area contributed by atoms with Gasteiger partial charge in [0.05, 0.1) is 35.2 Å². The summed E-state index contributed by atoms with van der Waals surface area (Å²) in [5.74, 6) is -3.36. The molecule has 1 atom stereocenters. The monoisotopic (exact) mass is 884 g/mol. The lowest BCUT2D eigenvalue weighted by Gasteiger charge is -2.50. The van der Waals surface area contributed by atoms with Gasteiger partial charge in [0.1, 0.15) is 5.69 Å². The normalized spacial score (nSPS) is 22.1. The van der Waals surface area contributed by atoms with Crippen LogP contribution in [0.25, 0.3) is 5.65 Å². The number of rotatable bonds is 8. The van der Waals surface area contributed by atoms with Crippen molar-refractivity contribution >= 4 is 63.9 Å². The Labute approximate surface area is 370 Å². The quantitative estimate of drug-likeness (QED) is 0.166. The molecule has 14 nitrogen and oxygen atoms in total. The van der Waals surface area contributed by atoms with Crippen LogP contribution >= 0.6 is 11.6 Å². The second-order valence-corrected chi connectivity index (χ2v) is 18.6. The fourth-order valence-electron chi connectivity index (χ4n) is 10.4. The fourth-order valence-corrected chi connectivity index (χ4v) is 10.6. The van der Waals surface area contributed by atoms with Crippen molar-refractivity contribution in [2.45, 2.75) is 95.4 Å².